The average Bonchev–Trinajstić information content (AvgIpc) is 3.30. The Hall–Kier alpha value is -2.48. The van der Waals surface area contributed by atoms with Crippen LogP contribution in [0.3, 0.4) is 0 Å². The zero-order valence-corrected chi connectivity index (χ0v) is 17.1. The topological polar surface area (TPSA) is 111 Å². The molecule has 0 saturated carbocycles. The lowest BCUT2D eigenvalue weighted by molar-refractivity contribution is -0.198. The number of fused-ring (bicyclic) bond motifs is 1. The minimum absolute atomic E-state index is 0.0883. The summed E-state index contributed by atoms with van der Waals surface area (Å²) in [6.45, 7) is 9.31. The highest BCUT2D eigenvalue weighted by atomic mass is 16.8. The summed E-state index contributed by atoms with van der Waals surface area (Å²) in [5.41, 5.74) is -0.0211. The summed E-state index contributed by atoms with van der Waals surface area (Å²) < 4.78 is 29.3. The normalized spacial score (nSPS) is 27.1. The molecule has 158 valence electrons. The van der Waals surface area contributed by atoms with Gasteiger partial charge in [-0.2, -0.15) is 0 Å². The van der Waals surface area contributed by atoms with Crippen molar-refractivity contribution in [1.82, 2.24) is 15.0 Å². The van der Waals surface area contributed by atoms with Crippen LogP contribution in [-0.2, 0) is 28.5 Å². The molecule has 1 aromatic heterocycles. The summed E-state index contributed by atoms with van der Waals surface area (Å²) in [5.74, 6) is 2.76. The van der Waals surface area contributed by atoms with Gasteiger partial charge in [-0.25, -0.2) is 14.3 Å². The molecule has 2 aliphatic heterocycles. The van der Waals surface area contributed by atoms with Gasteiger partial charge in [0.25, 0.3) is 0 Å². The van der Waals surface area contributed by atoms with Crippen molar-refractivity contribution in [2.75, 3.05) is 13.2 Å². The Morgan fingerprint density at radius 3 is 2.48 bits per heavy atom. The molecule has 0 radical (unpaired) electrons. The lowest BCUT2D eigenvalue weighted by Gasteiger charge is -2.23. The zero-order chi connectivity index (χ0) is 21.2. The van der Waals surface area contributed by atoms with Crippen molar-refractivity contribution in [2.24, 2.45) is 0 Å². The van der Waals surface area contributed by atoms with Gasteiger partial charge in [0, 0.05) is 5.92 Å². The quantitative estimate of drug-likeness (QED) is 0.525. The molecule has 0 aromatic carbocycles. The van der Waals surface area contributed by atoms with Gasteiger partial charge in [0.1, 0.15) is 17.9 Å². The van der Waals surface area contributed by atoms with Crippen LogP contribution >= 0.6 is 0 Å². The molecule has 4 atom stereocenters. The summed E-state index contributed by atoms with van der Waals surface area (Å²) in [4.78, 5) is 24.0. The third-order valence-corrected chi connectivity index (χ3v) is 4.49. The van der Waals surface area contributed by atoms with Gasteiger partial charge < -0.3 is 23.7 Å². The number of carbonyl (C=O) groups excluding carboxylic acids is 2. The fourth-order valence-electron chi connectivity index (χ4n) is 3.39. The Morgan fingerprint density at radius 1 is 1.14 bits per heavy atom. The van der Waals surface area contributed by atoms with Crippen LogP contribution in [0, 0.1) is 11.8 Å². The molecular formula is C19H25N3O7. The lowest BCUT2D eigenvalue weighted by Crippen LogP contribution is -2.29. The predicted molar refractivity (Wildman–Crippen MR) is 97.5 cm³/mol. The number of aromatic nitrogens is 3. The largest absolute Gasteiger partial charge is 0.461 e. The number of carbonyl (C=O) groups is 2. The zero-order valence-electron chi connectivity index (χ0n) is 17.1. The number of ether oxygens (including phenoxy) is 5. The average molecular weight is 407 g/mol. The minimum Gasteiger partial charge on any atom is -0.461 e. The third kappa shape index (κ3) is 4.27. The molecule has 29 heavy (non-hydrogen) atoms. The second-order valence-electron chi connectivity index (χ2n) is 6.96. The molecule has 3 rings (SSSR count). The maximum atomic E-state index is 12.3. The van der Waals surface area contributed by atoms with E-state index < -0.39 is 30.1 Å². The summed E-state index contributed by atoms with van der Waals surface area (Å²) in [6, 6.07) is 0. The number of nitrogens with zero attached hydrogens (tertiary/aromatic N) is 3. The van der Waals surface area contributed by atoms with E-state index in [1.807, 2.05) is 20.8 Å². The fourth-order valence-corrected chi connectivity index (χ4v) is 3.39. The van der Waals surface area contributed by atoms with E-state index in [-0.39, 0.29) is 36.8 Å². The van der Waals surface area contributed by atoms with Gasteiger partial charge in [0.15, 0.2) is 12.0 Å². The van der Waals surface area contributed by atoms with Gasteiger partial charge in [-0.1, -0.05) is 12.1 Å². The van der Waals surface area contributed by atoms with Gasteiger partial charge >= 0.3 is 11.9 Å². The van der Waals surface area contributed by atoms with E-state index >= 15 is 0 Å². The maximum Gasteiger partial charge on any atom is 0.384 e. The van der Waals surface area contributed by atoms with Gasteiger partial charge in [-0.3, -0.25) is 0 Å². The van der Waals surface area contributed by atoms with Gasteiger partial charge in [0.2, 0.25) is 5.69 Å². The van der Waals surface area contributed by atoms with E-state index in [9.17, 15) is 9.59 Å². The number of hydrogen-bond acceptors (Lipinski definition) is 9. The first-order chi connectivity index (χ1) is 13.8. The number of hydrogen-bond donors (Lipinski definition) is 0. The first-order valence-corrected chi connectivity index (χ1v) is 9.63. The van der Waals surface area contributed by atoms with Crippen LogP contribution in [-0.4, -0.2) is 64.2 Å². The van der Waals surface area contributed by atoms with Crippen LogP contribution in [0.4, 0.5) is 0 Å². The summed E-state index contributed by atoms with van der Waals surface area (Å²) in [6.07, 6.45) is -1.04. The van der Waals surface area contributed by atoms with E-state index in [0.29, 0.717) is 6.42 Å². The minimum atomic E-state index is -0.786. The lowest BCUT2D eigenvalue weighted by atomic mass is 10.1. The Balaban J connectivity index is 2.00. The van der Waals surface area contributed by atoms with Crippen molar-refractivity contribution < 1.29 is 33.3 Å². The maximum absolute atomic E-state index is 12.3. The molecule has 3 heterocycles. The highest BCUT2D eigenvalue weighted by molar-refractivity contribution is 5.92. The molecule has 1 aromatic rings. The van der Waals surface area contributed by atoms with Crippen LogP contribution in [0.2, 0.25) is 0 Å². The Morgan fingerprint density at radius 2 is 1.83 bits per heavy atom. The van der Waals surface area contributed by atoms with Crippen LogP contribution in [0.15, 0.2) is 0 Å². The monoisotopic (exact) mass is 407 g/mol. The standard InChI is InChI=1S/C19H25N3O7/c1-6-12-15-16(29-19(4,5)28-15)17(27-12)22-11(9-10-13(23)25-7-2)14(20-21-22)18(24)26-8-3/h12,15-17H,6-8H2,1-5H3/t12-,15-,16-,17-/m1/s1. The molecule has 0 spiro atoms. The van der Waals surface area contributed by atoms with E-state index in [4.69, 9.17) is 23.7 Å². The molecule has 10 nitrogen and oxygen atoms in total. The summed E-state index contributed by atoms with van der Waals surface area (Å²) in [7, 11) is 0. The van der Waals surface area contributed by atoms with Crippen LogP contribution in [0.1, 0.15) is 63.4 Å². The van der Waals surface area contributed by atoms with Gasteiger partial charge in [0.05, 0.1) is 19.3 Å². The second-order valence-corrected chi connectivity index (χ2v) is 6.96. The highest BCUT2D eigenvalue weighted by Gasteiger charge is 2.56. The summed E-state index contributed by atoms with van der Waals surface area (Å²) >= 11 is 0. The second kappa shape index (κ2) is 8.49. The molecule has 2 aliphatic rings. The number of esters is 2. The molecule has 2 fully saturated rings. The molecule has 2 saturated heterocycles. The van der Waals surface area contributed by atoms with Crippen molar-refractivity contribution in [1.29, 1.82) is 0 Å². The van der Waals surface area contributed by atoms with Crippen molar-refractivity contribution in [3.63, 3.8) is 0 Å². The highest BCUT2D eigenvalue weighted by Crippen LogP contribution is 2.44. The van der Waals surface area contributed by atoms with Gasteiger partial charge in [-0.15, -0.1) is 5.10 Å². The molecule has 0 bridgehead atoms. The molecular weight excluding hydrogens is 382 g/mol. The van der Waals surface area contributed by atoms with Crippen LogP contribution in [0.5, 0.6) is 0 Å². The molecule has 0 aliphatic carbocycles. The van der Waals surface area contributed by atoms with Crippen molar-refractivity contribution >= 4 is 11.9 Å². The van der Waals surface area contributed by atoms with Crippen molar-refractivity contribution in [2.45, 2.75) is 71.4 Å². The first kappa shape index (κ1) is 21.2. The van der Waals surface area contributed by atoms with Gasteiger partial charge in [-0.05, 0) is 40.0 Å². The third-order valence-electron chi connectivity index (χ3n) is 4.49. The predicted octanol–water partition coefficient (Wildman–Crippen LogP) is 1.20. The SMILES string of the molecule is CCOC(=O)C#Cc1c(C(=O)OCC)nnn1[C@@H]1O[C@H](CC)[C@H]2OC(C)(C)O[C@H]21. The van der Waals surface area contributed by atoms with E-state index in [2.05, 4.69) is 22.2 Å². The molecule has 0 amide bonds. The van der Waals surface area contributed by atoms with E-state index in [1.54, 1.807) is 13.8 Å². The van der Waals surface area contributed by atoms with E-state index in [1.165, 1.54) is 4.68 Å². The molecule has 0 N–H and O–H groups in total. The smallest absolute Gasteiger partial charge is 0.384 e. The van der Waals surface area contributed by atoms with Crippen LogP contribution in [0.25, 0.3) is 0 Å². The Labute approximate surface area is 168 Å². The fraction of sp³-hybridized carbons (Fsp3) is 0.684. The number of rotatable bonds is 5. The Kier molecular flexibility index (Phi) is 6.21. The molecule has 0 unspecified atom stereocenters. The Bertz CT molecular complexity index is 839. The van der Waals surface area contributed by atoms with Crippen molar-refractivity contribution in [3.8, 4) is 11.8 Å². The summed E-state index contributed by atoms with van der Waals surface area (Å²) in [5, 5.41) is 7.97. The molecule has 10 heteroatoms. The van der Waals surface area contributed by atoms with Crippen molar-refractivity contribution in [3.05, 3.63) is 11.4 Å². The van der Waals surface area contributed by atoms with Crippen LogP contribution < -0.4 is 0 Å². The van der Waals surface area contributed by atoms with E-state index in [0.717, 1.165) is 0 Å². The first-order valence-electron chi connectivity index (χ1n) is 9.63.